The van der Waals surface area contributed by atoms with Crippen molar-refractivity contribution in [1.82, 2.24) is 4.90 Å². The molecule has 0 aliphatic carbocycles. The number of para-hydroxylation sites is 1. The smallest absolute Gasteiger partial charge is 0.322 e. The number of rotatable bonds is 2. The molecule has 0 spiro atoms. The van der Waals surface area contributed by atoms with Crippen LogP contribution in [0.2, 0.25) is 0 Å². The van der Waals surface area contributed by atoms with Gasteiger partial charge >= 0.3 is 6.03 Å². The minimum absolute atomic E-state index is 0.177. The van der Waals surface area contributed by atoms with E-state index in [1.807, 2.05) is 30.3 Å². The molecule has 5 heteroatoms. The fourth-order valence-corrected chi connectivity index (χ4v) is 2.52. The van der Waals surface area contributed by atoms with Gasteiger partial charge in [0.15, 0.2) is 0 Å². The Morgan fingerprint density at radius 1 is 1.14 bits per heavy atom. The first-order chi connectivity index (χ1) is 10.7. The van der Waals surface area contributed by atoms with Crippen LogP contribution in [0.1, 0.15) is 11.6 Å². The molecule has 1 N–H and O–H groups in total. The van der Waals surface area contributed by atoms with E-state index in [9.17, 15) is 9.18 Å². The highest BCUT2D eigenvalue weighted by Crippen LogP contribution is 2.25. The summed E-state index contributed by atoms with van der Waals surface area (Å²) in [7, 11) is 0. The molecule has 22 heavy (non-hydrogen) atoms. The average Bonchev–Trinajstić information content (AvgIpc) is 2.56. The molecule has 1 atom stereocenters. The van der Waals surface area contributed by atoms with Crippen molar-refractivity contribution >= 4 is 11.7 Å². The first-order valence-electron chi connectivity index (χ1n) is 7.20. The maximum atomic E-state index is 13.1. The molecule has 1 aliphatic heterocycles. The molecule has 1 saturated heterocycles. The summed E-state index contributed by atoms with van der Waals surface area (Å²) < 4.78 is 18.6. The number of urea groups is 1. The van der Waals surface area contributed by atoms with Gasteiger partial charge in [0.25, 0.3) is 0 Å². The summed E-state index contributed by atoms with van der Waals surface area (Å²) in [5.74, 6) is -0.291. The molecule has 1 fully saturated rings. The van der Waals surface area contributed by atoms with Crippen molar-refractivity contribution in [2.75, 3.05) is 25.1 Å². The third kappa shape index (κ3) is 3.26. The van der Waals surface area contributed by atoms with Crippen LogP contribution in [0.5, 0.6) is 0 Å². The van der Waals surface area contributed by atoms with Gasteiger partial charge in [-0.2, -0.15) is 0 Å². The molecule has 0 radical (unpaired) electrons. The van der Waals surface area contributed by atoms with E-state index in [1.54, 1.807) is 17.0 Å². The number of nitrogens with one attached hydrogen (secondary N) is 1. The van der Waals surface area contributed by atoms with Gasteiger partial charge in [0.2, 0.25) is 0 Å². The zero-order chi connectivity index (χ0) is 15.4. The van der Waals surface area contributed by atoms with Crippen molar-refractivity contribution in [1.29, 1.82) is 0 Å². The molecule has 2 amide bonds. The summed E-state index contributed by atoms with van der Waals surface area (Å²) in [6.45, 7) is 1.41. The topological polar surface area (TPSA) is 41.6 Å². The molecule has 2 aromatic rings. The van der Waals surface area contributed by atoms with E-state index in [1.165, 1.54) is 12.1 Å². The van der Waals surface area contributed by atoms with E-state index < -0.39 is 0 Å². The highest BCUT2D eigenvalue weighted by atomic mass is 19.1. The van der Waals surface area contributed by atoms with Crippen LogP contribution in [0, 0.1) is 5.82 Å². The first-order valence-corrected chi connectivity index (χ1v) is 7.20. The molecule has 3 rings (SSSR count). The maximum Gasteiger partial charge on any atom is 0.322 e. The highest BCUT2D eigenvalue weighted by Gasteiger charge is 2.28. The summed E-state index contributed by atoms with van der Waals surface area (Å²) in [4.78, 5) is 14.2. The lowest BCUT2D eigenvalue weighted by Crippen LogP contribution is -2.45. The lowest BCUT2D eigenvalue weighted by Gasteiger charge is -2.35. The molecule has 1 unspecified atom stereocenters. The second kappa shape index (κ2) is 6.58. The second-order valence-corrected chi connectivity index (χ2v) is 5.13. The highest BCUT2D eigenvalue weighted by molar-refractivity contribution is 5.89. The Bertz CT molecular complexity index is 631. The number of hydrogen-bond donors (Lipinski definition) is 1. The van der Waals surface area contributed by atoms with Crippen LogP contribution >= 0.6 is 0 Å². The molecular formula is C17H17FN2O2. The van der Waals surface area contributed by atoms with Crippen LogP contribution in [-0.2, 0) is 4.74 Å². The summed E-state index contributed by atoms with van der Waals surface area (Å²) in [5.41, 5.74) is 1.61. The summed E-state index contributed by atoms with van der Waals surface area (Å²) in [5, 5.41) is 2.88. The van der Waals surface area contributed by atoms with Gasteiger partial charge in [-0.25, -0.2) is 9.18 Å². The van der Waals surface area contributed by atoms with Crippen molar-refractivity contribution in [2.45, 2.75) is 6.04 Å². The van der Waals surface area contributed by atoms with Gasteiger partial charge in [0, 0.05) is 12.2 Å². The van der Waals surface area contributed by atoms with E-state index >= 15 is 0 Å². The fourth-order valence-electron chi connectivity index (χ4n) is 2.52. The third-order valence-electron chi connectivity index (χ3n) is 3.67. The fraction of sp³-hybridized carbons (Fsp3) is 0.235. The van der Waals surface area contributed by atoms with Gasteiger partial charge in [-0.1, -0.05) is 30.3 Å². The van der Waals surface area contributed by atoms with Crippen LogP contribution in [0.25, 0.3) is 0 Å². The third-order valence-corrected chi connectivity index (χ3v) is 3.67. The standard InChI is InChI=1S/C17H17FN2O2/c18-14-8-6-13(7-9-14)16-12-22-11-10-20(16)17(21)19-15-4-2-1-3-5-15/h1-9,16H,10-12H2,(H,19,21). The SMILES string of the molecule is O=C(Nc1ccccc1)N1CCOCC1c1ccc(F)cc1. The molecule has 114 valence electrons. The lowest BCUT2D eigenvalue weighted by molar-refractivity contribution is 0.0147. The van der Waals surface area contributed by atoms with E-state index in [2.05, 4.69) is 5.32 Å². The molecule has 4 nitrogen and oxygen atoms in total. The number of amides is 2. The van der Waals surface area contributed by atoms with Crippen molar-refractivity contribution in [3.8, 4) is 0 Å². The quantitative estimate of drug-likeness (QED) is 0.923. The molecule has 0 bridgehead atoms. The monoisotopic (exact) mass is 300 g/mol. The first kappa shape index (κ1) is 14.5. The number of nitrogens with zero attached hydrogens (tertiary/aromatic N) is 1. The molecule has 0 saturated carbocycles. The van der Waals surface area contributed by atoms with Gasteiger partial charge in [0.1, 0.15) is 5.82 Å². The maximum absolute atomic E-state index is 13.1. The van der Waals surface area contributed by atoms with E-state index in [4.69, 9.17) is 4.74 Å². The zero-order valence-electron chi connectivity index (χ0n) is 12.0. The zero-order valence-corrected chi connectivity index (χ0v) is 12.0. The predicted octanol–water partition coefficient (Wildman–Crippen LogP) is 3.43. The number of benzene rings is 2. The van der Waals surface area contributed by atoms with Gasteiger partial charge < -0.3 is 15.0 Å². The summed E-state index contributed by atoms with van der Waals surface area (Å²) in [6.07, 6.45) is 0. The Kier molecular flexibility index (Phi) is 4.34. The van der Waals surface area contributed by atoms with Crippen LogP contribution in [0.4, 0.5) is 14.9 Å². The number of morpholine rings is 1. The van der Waals surface area contributed by atoms with E-state index in [-0.39, 0.29) is 17.9 Å². The molecule has 1 aliphatic rings. The van der Waals surface area contributed by atoms with Gasteiger partial charge in [0.05, 0.1) is 19.3 Å². The van der Waals surface area contributed by atoms with Crippen molar-refractivity contribution < 1.29 is 13.9 Å². The minimum Gasteiger partial charge on any atom is -0.377 e. The Labute approximate surface area is 128 Å². The Morgan fingerprint density at radius 3 is 2.59 bits per heavy atom. The van der Waals surface area contributed by atoms with E-state index in [0.717, 1.165) is 11.3 Å². The number of anilines is 1. The largest absolute Gasteiger partial charge is 0.377 e. The van der Waals surface area contributed by atoms with Crippen LogP contribution in [0.15, 0.2) is 54.6 Å². The van der Waals surface area contributed by atoms with E-state index in [0.29, 0.717) is 19.8 Å². The summed E-state index contributed by atoms with van der Waals surface area (Å²) in [6, 6.07) is 15.1. The lowest BCUT2D eigenvalue weighted by atomic mass is 10.1. The number of ether oxygens (including phenoxy) is 1. The predicted molar refractivity (Wildman–Crippen MR) is 82.1 cm³/mol. The molecule has 0 aromatic heterocycles. The number of hydrogen-bond acceptors (Lipinski definition) is 2. The second-order valence-electron chi connectivity index (χ2n) is 5.13. The van der Waals surface area contributed by atoms with Gasteiger partial charge in [-0.15, -0.1) is 0 Å². The normalized spacial score (nSPS) is 18.0. The van der Waals surface area contributed by atoms with Crippen LogP contribution in [-0.4, -0.2) is 30.7 Å². The number of halogens is 1. The van der Waals surface area contributed by atoms with Crippen LogP contribution < -0.4 is 5.32 Å². The Morgan fingerprint density at radius 2 is 1.86 bits per heavy atom. The van der Waals surface area contributed by atoms with Crippen molar-refractivity contribution in [2.24, 2.45) is 0 Å². The molecular weight excluding hydrogens is 283 g/mol. The molecule has 1 heterocycles. The van der Waals surface area contributed by atoms with Crippen molar-refractivity contribution in [3.63, 3.8) is 0 Å². The summed E-state index contributed by atoms with van der Waals surface area (Å²) >= 11 is 0. The Balaban J connectivity index is 1.77. The number of carbonyl (C=O) groups is 1. The molecule has 2 aromatic carbocycles. The van der Waals surface area contributed by atoms with Gasteiger partial charge in [-0.3, -0.25) is 0 Å². The average molecular weight is 300 g/mol. The minimum atomic E-state index is -0.291. The van der Waals surface area contributed by atoms with Crippen molar-refractivity contribution in [3.05, 3.63) is 66.0 Å². The Hall–Kier alpha value is -2.40. The number of carbonyl (C=O) groups excluding carboxylic acids is 1. The van der Waals surface area contributed by atoms with Gasteiger partial charge in [-0.05, 0) is 29.8 Å². The van der Waals surface area contributed by atoms with Crippen LogP contribution in [0.3, 0.4) is 0 Å².